The van der Waals surface area contributed by atoms with Crippen molar-refractivity contribution < 1.29 is 14.3 Å². The predicted octanol–water partition coefficient (Wildman–Crippen LogP) is 3.44. The number of rotatable bonds is 6. The molecule has 0 heterocycles. The van der Waals surface area contributed by atoms with Crippen molar-refractivity contribution in [3.63, 3.8) is 0 Å². The van der Waals surface area contributed by atoms with Gasteiger partial charge in [-0.05, 0) is 42.7 Å². The SMILES string of the molecule is CCCOc1ccc(-c2cccc(C(C)=O)c2)cc1C(N)=O. The van der Waals surface area contributed by atoms with Crippen molar-refractivity contribution in [2.75, 3.05) is 6.61 Å². The number of amides is 1. The van der Waals surface area contributed by atoms with Crippen molar-refractivity contribution in [1.29, 1.82) is 0 Å². The molecule has 2 aromatic carbocycles. The maximum atomic E-state index is 11.6. The highest BCUT2D eigenvalue weighted by molar-refractivity contribution is 5.98. The molecule has 0 fully saturated rings. The van der Waals surface area contributed by atoms with Gasteiger partial charge in [0.2, 0.25) is 0 Å². The second-order valence-corrected chi connectivity index (χ2v) is 5.06. The van der Waals surface area contributed by atoms with Crippen LogP contribution in [0.1, 0.15) is 41.0 Å². The lowest BCUT2D eigenvalue weighted by Crippen LogP contribution is -2.13. The number of Topliss-reactive ketones (excluding diaryl/α,β-unsaturated/α-hetero) is 1. The van der Waals surface area contributed by atoms with E-state index in [1.165, 1.54) is 6.92 Å². The average Bonchev–Trinajstić information content (AvgIpc) is 2.52. The largest absolute Gasteiger partial charge is 0.493 e. The van der Waals surface area contributed by atoms with Crippen molar-refractivity contribution in [2.24, 2.45) is 5.73 Å². The number of nitrogens with two attached hydrogens (primary N) is 1. The maximum absolute atomic E-state index is 11.6. The fraction of sp³-hybridized carbons (Fsp3) is 0.222. The third-order valence-corrected chi connectivity index (χ3v) is 3.31. The molecule has 0 bridgehead atoms. The van der Waals surface area contributed by atoms with Crippen LogP contribution < -0.4 is 10.5 Å². The van der Waals surface area contributed by atoms with E-state index in [1.54, 1.807) is 24.3 Å². The van der Waals surface area contributed by atoms with Crippen LogP contribution in [0.25, 0.3) is 11.1 Å². The third-order valence-electron chi connectivity index (χ3n) is 3.31. The number of hydrogen-bond acceptors (Lipinski definition) is 3. The van der Waals surface area contributed by atoms with Crippen molar-refractivity contribution in [2.45, 2.75) is 20.3 Å². The number of carbonyl (C=O) groups excluding carboxylic acids is 2. The van der Waals surface area contributed by atoms with E-state index in [2.05, 4.69) is 0 Å². The highest BCUT2D eigenvalue weighted by Crippen LogP contribution is 2.27. The smallest absolute Gasteiger partial charge is 0.252 e. The molecule has 114 valence electrons. The Kier molecular flexibility index (Phi) is 4.94. The summed E-state index contributed by atoms with van der Waals surface area (Å²) in [6.45, 7) is 4.04. The number of primary amides is 1. The Hall–Kier alpha value is -2.62. The molecule has 4 heteroatoms. The van der Waals surface area contributed by atoms with Gasteiger partial charge in [0.1, 0.15) is 5.75 Å². The van der Waals surface area contributed by atoms with E-state index in [1.807, 2.05) is 25.1 Å². The highest BCUT2D eigenvalue weighted by Gasteiger charge is 2.12. The molecule has 0 aliphatic rings. The lowest BCUT2D eigenvalue weighted by molar-refractivity contribution is 0.0992. The van der Waals surface area contributed by atoms with Crippen LogP contribution in [0.2, 0.25) is 0 Å². The molecule has 0 saturated carbocycles. The highest BCUT2D eigenvalue weighted by atomic mass is 16.5. The predicted molar refractivity (Wildman–Crippen MR) is 86.2 cm³/mol. The minimum atomic E-state index is -0.532. The topological polar surface area (TPSA) is 69.4 Å². The first-order chi connectivity index (χ1) is 10.5. The molecule has 2 N–H and O–H groups in total. The molecule has 4 nitrogen and oxygen atoms in total. The Bertz CT molecular complexity index is 707. The van der Waals surface area contributed by atoms with E-state index < -0.39 is 5.91 Å². The number of hydrogen-bond donors (Lipinski definition) is 1. The summed E-state index contributed by atoms with van der Waals surface area (Å²) in [5, 5.41) is 0. The fourth-order valence-corrected chi connectivity index (χ4v) is 2.16. The van der Waals surface area contributed by atoms with E-state index in [0.717, 1.165) is 17.5 Å². The lowest BCUT2D eigenvalue weighted by Gasteiger charge is -2.11. The Morgan fingerprint density at radius 3 is 2.45 bits per heavy atom. The molecule has 0 aromatic heterocycles. The summed E-state index contributed by atoms with van der Waals surface area (Å²) in [5.74, 6) is -0.0450. The summed E-state index contributed by atoms with van der Waals surface area (Å²) >= 11 is 0. The Balaban J connectivity index is 2.44. The van der Waals surface area contributed by atoms with Crippen LogP contribution >= 0.6 is 0 Å². The number of ketones is 1. The third kappa shape index (κ3) is 3.52. The summed E-state index contributed by atoms with van der Waals surface area (Å²) in [6.07, 6.45) is 0.848. The van der Waals surface area contributed by atoms with E-state index in [0.29, 0.717) is 23.5 Å². The number of carbonyl (C=O) groups is 2. The Morgan fingerprint density at radius 2 is 1.82 bits per heavy atom. The molecular weight excluding hydrogens is 278 g/mol. The van der Waals surface area contributed by atoms with Crippen LogP contribution in [0.5, 0.6) is 5.75 Å². The van der Waals surface area contributed by atoms with Crippen molar-refractivity contribution >= 4 is 11.7 Å². The fourth-order valence-electron chi connectivity index (χ4n) is 2.16. The first kappa shape index (κ1) is 15.8. The van der Waals surface area contributed by atoms with Crippen molar-refractivity contribution in [3.8, 4) is 16.9 Å². The average molecular weight is 297 g/mol. The summed E-state index contributed by atoms with van der Waals surface area (Å²) in [6, 6.07) is 12.6. The molecule has 0 spiro atoms. The van der Waals surface area contributed by atoms with Gasteiger partial charge in [-0.1, -0.05) is 31.2 Å². The van der Waals surface area contributed by atoms with Crippen LogP contribution in [-0.2, 0) is 0 Å². The summed E-state index contributed by atoms with van der Waals surface area (Å²) in [5.41, 5.74) is 8.09. The van der Waals surface area contributed by atoms with E-state index in [9.17, 15) is 9.59 Å². The molecule has 0 atom stereocenters. The minimum Gasteiger partial charge on any atom is -0.493 e. The van der Waals surface area contributed by atoms with Gasteiger partial charge in [0, 0.05) is 5.56 Å². The van der Waals surface area contributed by atoms with Crippen LogP contribution in [0.3, 0.4) is 0 Å². The van der Waals surface area contributed by atoms with Gasteiger partial charge in [0.05, 0.1) is 12.2 Å². The summed E-state index contributed by atoms with van der Waals surface area (Å²) in [7, 11) is 0. The quantitative estimate of drug-likeness (QED) is 0.830. The molecule has 0 radical (unpaired) electrons. The zero-order chi connectivity index (χ0) is 16.1. The molecule has 2 rings (SSSR count). The van der Waals surface area contributed by atoms with Crippen molar-refractivity contribution in [3.05, 3.63) is 53.6 Å². The minimum absolute atomic E-state index is 0.000117. The van der Waals surface area contributed by atoms with Crippen molar-refractivity contribution in [1.82, 2.24) is 0 Å². The molecule has 0 saturated heterocycles. The molecule has 0 aliphatic carbocycles. The van der Waals surface area contributed by atoms with Gasteiger partial charge in [-0.3, -0.25) is 9.59 Å². The molecule has 0 unspecified atom stereocenters. The summed E-state index contributed by atoms with van der Waals surface area (Å²) in [4.78, 5) is 23.1. The van der Waals surface area contributed by atoms with Crippen LogP contribution in [0.4, 0.5) is 0 Å². The standard InChI is InChI=1S/C18H19NO3/c1-3-9-22-17-8-7-15(11-16(17)18(19)21)14-6-4-5-13(10-14)12(2)20/h4-8,10-11H,3,9H2,1-2H3,(H2,19,21). The van der Waals surface area contributed by atoms with Gasteiger partial charge in [0.25, 0.3) is 5.91 Å². The number of ether oxygens (including phenoxy) is 1. The first-order valence-corrected chi connectivity index (χ1v) is 7.21. The van der Waals surface area contributed by atoms with E-state index in [4.69, 9.17) is 10.5 Å². The van der Waals surface area contributed by atoms with Gasteiger partial charge in [-0.2, -0.15) is 0 Å². The Labute approximate surface area is 129 Å². The maximum Gasteiger partial charge on any atom is 0.252 e. The van der Waals surface area contributed by atoms with Gasteiger partial charge < -0.3 is 10.5 Å². The monoisotopic (exact) mass is 297 g/mol. The van der Waals surface area contributed by atoms with Gasteiger partial charge in [0.15, 0.2) is 5.78 Å². The first-order valence-electron chi connectivity index (χ1n) is 7.21. The van der Waals surface area contributed by atoms with E-state index in [-0.39, 0.29) is 5.78 Å². The summed E-state index contributed by atoms with van der Waals surface area (Å²) < 4.78 is 5.55. The van der Waals surface area contributed by atoms with Gasteiger partial charge >= 0.3 is 0 Å². The van der Waals surface area contributed by atoms with Crippen LogP contribution in [-0.4, -0.2) is 18.3 Å². The van der Waals surface area contributed by atoms with Gasteiger partial charge in [-0.15, -0.1) is 0 Å². The molecular formula is C18H19NO3. The second-order valence-electron chi connectivity index (χ2n) is 5.06. The van der Waals surface area contributed by atoms with Crippen LogP contribution in [0, 0.1) is 0 Å². The van der Waals surface area contributed by atoms with Crippen LogP contribution in [0.15, 0.2) is 42.5 Å². The normalized spacial score (nSPS) is 10.3. The molecule has 1 amide bonds. The molecule has 22 heavy (non-hydrogen) atoms. The number of benzene rings is 2. The lowest BCUT2D eigenvalue weighted by atomic mass is 9.99. The molecule has 0 aliphatic heterocycles. The Morgan fingerprint density at radius 1 is 1.09 bits per heavy atom. The zero-order valence-corrected chi connectivity index (χ0v) is 12.8. The second kappa shape index (κ2) is 6.89. The zero-order valence-electron chi connectivity index (χ0n) is 12.8. The van der Waals surface area contributed by atoms with E-state index >= 15 is 0 Å². The molecule has 2 aromatic rings. The van der Waals surface area contributed by atoms with Gasteiger partial charge in [-0.25, -0.2) is 0 Å².